The molecule has 2 N–H and O–H groups in total. The molecule has 2 saturated heterocycles. The van der Waals surface area contributed by atoms with E-state index in [4.69, 9.17) is 5.84 Å². The SMILES string of the molecule is CC(C)(C)N1CC2(C)CN(N)CC2(C)C1. The van der Waals surface area contributed by atoms with Gasteiger partial charge in [0, 0.05) is 42.5 Å². The fourth-order valence-corrected chi connectivity index (χ4v) is 3.19. The zero-order valence-electron chi connectivity index (χ0n) is 10.8. The molecule has 0 aromatic rings. The Hall–Kier alpha value is -0.120. The summed E-state index contributed by atoms with van der Waals surface area (Å²) in [5.41, 5.74) is 1.03. The summed E-state index contributed by atoms with van der Waals surface area (Å²) < 4.78 is 0. The van der Waals surface area contributed by atoms with Gasteiger partial charge in [-0.2, -0.15) is 0 Å². The summed E-state index contributed by atoms with van der Waals surface area (Å²) >= 11 is 0. The van der Waals surface area contributed by atoms with Gasteiger partial charge in [-0.25, -0.2) is 5.01 Å². The van der Waals surface area contributed by atoms with Crippen molar-refractivity contribution in [2.24, 2.45) is 16.7 Å². The van der Waals surface area contributed by atoms with Crippen molar-refractivity contribution < 1.29 is 0 Å². The summed E-state index contributed by atoms with van der Waals surface area (Å²) in [4.78, 5) is 2.61. The first-order valence-electron chi connectivity index (χ1n) is 5.91. The lowest BCUT2D eigenvalue weighted by Crippen LogP contribution is -2.44. The Morgan fingerprint density at radius 2 is 1.33 bits per heavy atom. The average molecular weight is 211 g/mol. The normalized spacial score (nSPS) is 43.6. The molecule has 0 saturated carbocycles. The van der Waals surface area contributed by atoms with Gasteiger partial charge in [0.1, 0.15) is 0 Å². The standard InChI is InChI=1S/C12H25N3/c1-10(2,3)14-6-11(4)8-15(13)9-12(11,5)7-14/h6-9,13H2,1-5H3. The van der Waals surface area contributed by atoms with Crippen molar-refractivity contribution in [3.63, 3.8) is 0 Å². The first kappa shape index (κ1) is 11.4. The van der Waals surface area contributed by atoms with Crippen LogP contribution in [0, 0.1) is 10.8 Å². The Morgan fingerprint density at radius 1 is 0.933 bits per heavy atom. The molecule has 0 aromatic carbocycles. The van der Waals surface area contributed by atoms with E-state index in [2.05, 4.69) is 39.5 Å². The van der Waals surface area contributed by atoms with Crippen LogP contribution in [0.15, 0.2) is 0 Å². The lowest BCUT2D eigenvalue weighted by Gasteiger charge is -2.34. The van der Waals surface area contributed by atoms with Gasteiger partial charge in [-0.15, -0.1) is 0 Å². The molecule has 0 aromatic heterocycles. The average Bonchev–Trinajstić information content (AvgIpc) is 2.31. The number of hydrogen-bond donors (Lipinski definition) is 1. The van der Waals surface area contributed by atoms with Gasteiger partial charge in [-0.05, 0) is 20.8 Å². The third-order valence-electron chi connectivity index (χ3n) is 4.59. The molecular formula is C12H25N3. The van der Waals surface area contributed by atoms with E-state index in [0.29, 0.717) is 10.8 Å². The minimum Gasteiger partial charge on any atom is -0.297 e. The van der Waals surface area contributed by atoms with Crippen LogP contribution in [0.1, 0.15) is 34.6 Å². The number of nitrogens with two attached hydrogens (primary N) is 1. The number of likely N-dealkylation sites (tertiary alicyclic amines) is 1. The molecule has 0 spiro atoms. The maximum absolute atomic E-state index is 5.96. The number of rotatable bonds is 0. The van der Waals surface area contributed by atoms with Gasteiger partial charge in [-0.3, -0.25) is 10.7 Å². The molecule has 2 fully saturated rings. The van der Waals surface area contributed by atoms with Gasteiger partial charge >= 0.3 is 0 Å². The molecule has 15 heavy (non-hydrogen) atoms. The van der Waals surface area contributed by atoms with Gasteiger partial charge < -0.3 is 0 Å². The van der Waals surface area contributed by atoms with E-state index < -0.39 is 0 Å². The van der Waals surface area contributed by atoms with E-state index in [0.717, 1.165) is 13.1 Å². The number of fused-ring (bicyclic) bond motifs is 1. The summed E-state index contributed by atoms with van der Waals surface area (Å²) in [6, 6.07) is 0. The van der Waals surface area contributed by atoms with E-state index in [9.17, 15) is 0 Å². The molecule has 2 atom stereocenters. The molecule has 0 bridgehead atoms. The Balaban J connectivity index is 2.22. The van der Waals surface area contributed by atoms with E-state index >= 15 is 0 Å². The lowest BCUT2D eigenvalue weighted by atomic mass is 9.71. The Kier molecular flexibility index (Phi) is 2.25. The van der Waals surface area contributed by atoms with Crippen molar-refractivity contribution in [3.05, 3.63) is 0 Å². The van der Waals surface area contributed by atoms with Crippen LogP contribution in [-0.2, 0) is 0 Å². The molecule has 88 valence electrons. The summed E-state index contributed by atoms with van der Waals surface area (Å²) in [6.07, 6.45) is 0. The molecule has 2 aliphatic heterocycles. The zero-order valence-corrected chi connectivity index (χ0v) is 10.8. The van der Waals surface area contributed by atoms with Gasteiger partial charge in [0.25, 0.3) is 0 Å². The third-order valence-corrected chi connectivity index (χ3v) is 4.59. The molecule has 2 heterocycles. The minimum absolute atomic E-state index is 0.287. The van der Waals surface area contributed by atoms with Crippen molar-refractivity contribution in [1.82, 2.24) is 9.91 Å². The molecule has 2 aliphatic rings. The second-order valence-corrected chi connectivity index (χ2v) is 7.05. The molecular weight excluding hydrogens is 186 g/mol. The maximum atomic E-state index is 5.96. The van der Waals surface area contributed by atoms with Crippen molar-refractivity contribution in [2.45, 2.75) is 40.2 Å². The zero-order chi connectivity index (χ0) is 11.5. The quantitative estimate of drug-likeness (QED) is 0.613. The second-order valence-electron chi connectivity index (χ2n) is 7.05. The molecule has 3 nitrogen and oxygen atoms in total. The van der Waals surface area contributed by atoms with Crippen molar-refractivity contribution in [3.8, 4) is 0 Å². The molecule has 0 radical (unpaired) electrons. The predicted molar refractivity (Wildman–Crippen MR) is 63.3 cm³/mol. The van der Waals surface area contributed by atoms with Crippen LogP contribution < -0.4 is 5.84 Å². The van der Waals surface area contributed by atoms with Crippen LogP contribution in [0.5, 0.6) is 0 Å². The van der Waals surface area contributed by atoms with Crippen LogP contribution in [0.4, 0.5) is 0 Å². The topological polar surface area (TPSA) is 32.5 Å². The number of hydrogen-bond acceptors (Lipinski definition) is 3. The molecule has 2 rings (SSSR count). The third kappa shape index (κ3) is 1.61. The van der Waals surface area contributed by atoms with Crippen LogP contribution in [-0.4, -0.2) is 41.6 Å². The molecule has 0 amide bonds. The highest BCUT2D eigenvalue weighted by Gasteiger charge is 2.58. The highest BCUT2D eigenvalue weighted by Crippen LogP contribution is 2.51. The highest BCUT2D eigenvalue weighted by molar-refractivity contribution is 5.10. The van der Waals surface area contributed by atoms with Crippen molar-refractivity contribution >= 4 is 0 Å². The largest absolute Gasteiger partial charge is 0.297 e. The fraction of sp³-hybridized carbons (Fsp3) is 1.00. The summed E-state index contributed by atoms with van der Waals surface area (Å²) in [5, 5.41) is 2.00. The summed E-state index contributed by atoms with van der Waals surface area (Å²) in [5.74, 6) is 5.96. The van der Waals surface area contributed by atoms with Crippen LogP contribution in [0.25, 0.3) is 0 Å². The smallest absolute Gasteiger partial charge is 0.0201 e. The Morgan fingerprint density at radius 3 is 1.67 bits per heavy atom. The highest BCUT2D eigenvalue weighted by atomic mass is 15.4. The van der Waals surface area contributed by atoms with Gasteiger partial charge in [0.15, 0.2) is 0 Å². The van der Waals surface area contributed by atoms with Gasteiger partial charge in [-0.1, -0.05) is 13.8 Å². The molecule has 2 unspecified atom stereocenters. The predicted octanol–water partition coefficient (Wildman–Crippen LogP) is 1.30. The second kappa shape index (κ2) is 2.96. The fourth-order valence-electron chi connectivity index (χ4n) is 3.19. The lowest BCUT2D eigenvalue weighted by molar-refractivity contribution is 0.133. The van der Waals surface area contributed by atoms with Crippen molar-refractivity contribution in [1.29, 1.82) is 0 Å². The number of hydrazine groups is 1. The van der Waals surface area contributed by atoms with Crippen LogP contribution in [0.3, 0.4) is 0 Å². The minimum atomic E-state index is 0.287. The van der Waals surface area contributed by atoms with E-state index in [1.54, 1.807) is 0 Å². The summed E-state index contributed by atoms with van der Waals surface area (Å²) in [7, 11) is 0. The molecule has 3 heteroatoms. The van der Waals surface area contributed by atoms with E-state index in [1.165, 1.54) is 13.1 Å². The first-order valence-corrected chi connectivity index (χ1v) is 5.91. The molecule has 0 aliphatic carbocycles. The van der Waals surface area contributed by atoms with Gasteiger partial charge in [0.05, 0.1) is 0 Å². The van der Waals surface area contributed by atoms with E-state index in [1.807, 2.05) is 5.01 Å². The van der Waals surface area contributed by atoms with Crippen LogP contribution in [0.2, 0.25) is 0 Å². The first-order chi connectivity index (χ1) is 6.66. The number of nitrogens with zero attached hydrogens (tertiary/aromatic N) is 2. The maximum Gasteiger partial charge on any atom is 0.0201 e. The van der Waals surface area contributed by atoms with Crippen molar-refractivity contribution in [2.75, 3.05) is 26.2 Å². The Bertz CT molecular complexity index is 251. The summed E-state index contributed by atoms with van der Waals surface area (Å²) in [6.45, 7) is 16.1. The van der Waals surface area contributed by atoms with Gasteiger partial charge in [0.2, 0.25) is 0 Å². The van der Waals surface area contributed by atoms with E-state index in [-0.39, 0.29) is 5.54 Å². The monoisotopic (exact) mass is 211 g/mol. The Labute approximate surface area is 93.6 Å². The van der Waals surface area contributed by atoms with Crippen LogP contribution >= 0.6 is 0 Å².